The molecule has 26 heavy (non-hydrogen) atoms. The fourth-order valence-corrected chi connectivity index (χ4v) is 3.19. The van der Waals surface area contributed by atoms with E-state index in [4.69, 9.17) is 9.84 Å². The van der Waals surface area contributed by atoms with Crippen LogP contribution < -0.4 is 0 Å². The molecule has 1 aliphatic carbocycles. The van der Waals surface area contributed by atoms with Crippen molar-refractivity contribution in [2.45, 2.75) is 64.1 Å². The molecule has 4 unspecified atom stereocenters. The second kappa shape index (κ2) is 11.3. The van der Waals surface area contributed by atoms with Gasteiger partial charge in [0.15, 0.2) is 0 Å². The molecule has 4 atom stereocenters. The van der Waals surface area contributed by atoms with Crippen molar-refractivity contribution in [3.05, 3.63) is 24.3 Å². The second-order valence-corrected chi connectivity index (χ2v) is 7.27. The summed E-state index contributed by atoms with van der Waals surface area (Å²) < 4.78 is 4.91. The standard InChI is InChI=1S/C20H32O6/c1-3-4-10-20(2,25)11-7-9-16-15(17(21)13-18(16)22)8-5-6-12-26-14-19(23)24/h5-7,9,15-16,18,22,25H,3-4,8,10-14H2,1-2H3,(H,23,24)/b6-5-,9-7+. The van der Waals surface area contributed by atoms with Gasteiger partial charge in [-0.15, -0.1) is 0 Å². The Morgan fingerprint density at radius 1 is 1.35 bits per heavy atom. The molecule has 148 valence electrons. The van der Waals surface area contributed by atoms with Crippen LogP contribution in [-0.4, -0.2) is 52.0 Å². The van der Waals surface area contributed by atoms with Gasteiger partial charge in [-0.25, -0.2) is 4.79 Å². The van der Waals surface area contributed by atoms with E-state index in [1.807, 2.05) is 12.2 Å². The van der Waals surface area contributed by atoms with Crippen molar-refractivity contribution in [2.75, 3.05) is 13.2 Å². The summed E-state index contributed by atoms with van der Waals surface area (Å²) in [4.78, 5) is 22.5. The SMILES string of the molecule is CCCCC(C)(O)C/C=C/C1C(O)CC(=O)C1C/C=C\COCC(=O)O. The molecule has 0 radical (unpaired) electrons. The predicted octanol–water partition coefficient (Wildman–Crippen LogP) is 2.49. The molecular weight excluding hydrogens is 336 g/mol. The first-order valence-corrected chi connectivity index (χ1v) is 9.31. The number of rotatable bonds is 12. The second-order valence-electron chi connectivity index (χ2n) is 7.27. The number of carboxylic acids is 1. The number of ether oxygens (including phenoxy) is 1. The maximum absolute atomic E-state index is 12.1. The van der Waals surface area contributed by atoms with E-state index < -0.39 is 17.7 Å². The van der Waals surface area contributed by atoms with Crippen LogP contribution in [0.25, 0.3) is 0 Å². The van der Waals surface area contributed by atoms with Crippen LogP contribution in [0.4, 0.5) is 0 Å². The van der Waals surface area contributed by atoms with Gasteiger partial charge in [0.2, 0.25) is 0 Å². The number of aliphatic carboxylic acids is 1. The van der Waals surface area contributed by atoms with E-state index in [1.165, 1.54) is 0 Å². The number of Topliss-reactive ketones (excluding diaryl/α,β-unsaturated/α-hetero) is 1. The first-order valence-electron chi connectivity index (χ1n) is 9.31. The van der Waals surface area contributed by atoms with Crippen LogP contribution in [0.5, 0.6) is 0 Å². The lowest BCUT2D eigenvalue weighted by molar-refractivity contribution is -0.141. The van der Waals surface area contributed by atoms with Crippen molar-refractivity contribution in [3.63, 3.8) is 0 Å². The number of ketones is 1. The normalized spacial score (nSPS) is 26.0. The Labute approximate surface area is 155 Å². The van der Waals surface area contributed by atoms with Gasteiger partial charge < -0.3 is 20.1 Å². The molecule has 6 heteroatoms. The van der Waals surface area contributed by atoms with Gasteiger partial charge in [-0.1, -0.05) is 44.1 Å². The number of aliphatic hydroxyl groups is 2. The van der Waals surface area contributed by atoms with Gasteiger partial charge in [-0.2, -0.15) is 0 Å². The molecule has 0 spiro atoms. The number of carbonyl (C=O) groups excluding carboxylic acids is 1. The molecular formula is C20H32O6. The average molecular weight is 368 g/mol. The van der Waals surface area contributed by atoms with E-state index in [1.54, 1.807) is 19.1 Å². The molecule has 1 aliphatic rings. The first-order chi connectivity index (χ1) is 12.3. The summed E-state index contributed by atoms with van der Waals surface area (Å²) >= 11 is 0. The molecule has 0 amide bonds. The first kappa shape index (κ1) is 22.5. The fraction of sp³-hybridized carbons (Fsp3) is 0.700. The molecule has 6 nitrogen and oxygen atoms in total. The Hall–Kier alpha value is -1.50. The lowest BCUT2D eigenvalue weighted by Gasteiger charge is -2.22. The predicted molar refractivity (Wildman–Crippen MR) is 98.7 cm³/mol. The fourth-order valence-electron chi connectivity index (χ4n) is 3.19. The Morgan fingerprint density at radius 3 is 2.73 bits per heavy atom. The van der Waals surface area contributed by atoms with Crippen LogP contribution in [0.1, 0.15) is 52.4 Å². The molecule has 0 bridgehead atoms. The Kier molecular flexibility index (Phi) is 9.76. The summed E-state index contributed by atoms with van der Waals surface area (Å²) in [5, 5.41) is 29.0. The summed E-state index contributed by atoms with van der Waals surface area (Å²) in [6.07, 6.45) is 10.4. The summed E-state index contributed by atoms with van der Waals surface area (Å²) in [6, 6.07) is 0. The van der Waals surface area contributed by atoms with Crippen LogP contribution in [0, 0.1) is 11.8 Å². The number of allylic oxidation sites excluding steroid dienone is 1. The van der Waals surface area contributed by atoms with E-state index in [0.717, 1.165) is 19.3 Å². The third-order valence-electron chi connectivity index (χ3n) is 4.71. The maximum atomic E-state index is 12.1. The topological polar surface area (TPSA) is 104 Å². The van der Waals surface area contributed by atoms with Crippen LogP contribution >= 0.6 is 0 Å². The maximum Gasteiger partial charge on any atom is 0.329 e. The lowest BCUT2D eigenvalue weighted by atomic mass is 9.89. The summed E-state index contributed by atoms with van der Waals surface area (Å²) in [5.74, 6) is -1.54. The zero-order valence-corrected chi connectivity index (χ0v) is 15.8. The Morgan fingerprint density at radius 2 is 2.08 bits per heavy atom. The molecule has 0 heterocycles. The van der Waals surface area contributed by atoms with Crippen molar-refractivity contribution >= 4 is 11.8 Å². The van der Waals surface area contributed by atoms with Gasteiger partial charge in [-0.3, -0.25) is 4.79 Å². The van der Waals surface area contributed by atoms with Crippen LogP contribution in [0.2, 0.25) is 0 Å². The highest BCUT2D eigenvalue weighted by Gasteiger charge is 2.39. The van der Waals surface area contributed by atoms with Crippen LogP contribution in [0.3, 0.4) is 0 Å². The van der Waals surface area contributed by atoms with Gasteiger partial charge in [0.1, 0.15) is 12.4 Å². The summed E-state index contributed by atoms with van der Waals surface area (Å²) in [7, 11) is 0. The zero-order chi connectivity index (χ0) is 19.6. The Bertz CT molecular complexity index is 508. The van der Waals surface area contributed by atoms with E-state index in [0.29, 0.717) is 12.8 Å². The number of hydrogen-bond acceptors (Lipinski definition) is 5. The van der Waals surface area contributed by atoms with Crippen molar-refractivity contribution in [1.29, 1.82) is 0 Å². The molecule has 0 aromatic carbocycles. The number of aliphatic hydroxyl groups excluding tert-OH is 1. The molecule has 0 aliphatic heterocycles. The lowest BCUT2D eigenvalue weighted by Crippen LogP contribution is -2.23. The monoisotopic (exact) mass is 368 g/mol. The molecule has 1 rings (SSSR count). The van der Waals surface area contributed by atoms with Crippen molar-refractivity contribution in [1.82, 2.24) is 0 Å². The van der Waals surface area contributed by atoms with Crippen molar-refractivity contribution in [2.24, 2.45) is 11.8 Å². The van der Waals surface area contributed by atoms with Gasteiger partial charge in [0.25, 0.3) is 0 Å². The number of hydrogen-bond donors (Lipinski definition) is 3. The number of unbranched alkanes of at least 4 members (excludes halogenated alkanes) is 1. The molecule has 0 aromatic heterocycles. The number of carboxylic acid groups (broad SMARTS) is 1. The smallest absolute Gasteiger partial charge is 0.329 e. The van der Waals surface area contributed by atoms with Gasteiger partial charge in [0.05, 0.1) is 18.3 Å². The molecule has 1 saturated carbocycles. The van der Waals surface area contributed by atoms with Gasteiger partial charge in [0, 0.05) is 18.3 Å². The molecule has 1 fully saturated rings. The minimum absolute atomic E-state index is 0.0287. The van der Waals surface area contributed by atoms with Crippen LogP contribution in [0.15, 0.2) is 24.3 Å². The van der Waals surface area contributed by atoms with E-state index in [9.17, 15) is 19.8 Å². The highest BCUT2D eigenvalue weighted by atomic mass is 16.5. The van der Waals surface area contributed by atoms with Crippen LogP contribution in [-0.2, 0) is 14.3 Å². The zero-order valence-electron chi connectivity index (χ0n) is 15.8. The Balaban J connectivity index is 2.53. The third-order valence-corrected chi connectivity index (χ3v) is 4.71. The molecule has 0 saturated heterocycles. The quantitative estimate of drug-likeness (QED) is 0.361. The minimum atomic E-state index is -1.02. The van der Waals surface area contributed by atoms with Gasteiger partial charge >= 0.3 is 5.97 Å². The number of carbonyl (C=O) groups is 2. The average Bonchev–Trinajstić information content (AvgIpc) is 2.82. The summed E-state index contributed by atoms with van der Waals surface area (Å²) in [6.45, 7) is 3.71. The van der Waals surface area contributed by atoms with E-state index >= 15 is 0 Å². The van der Waals surface area contributed by atoms with Crippen molar-refractivity contribution < 1.29 is 29.6 Å². The third kappa shape index (κ3) is 8.25. The molecule has 0 aromatic rings. The minimum Gasteiger partial charge on any atom is -0.480 e. The summed E-state index contributed by atoms with van der Waals surface area (Å²) in [5.41, 5.74) is -0.767. The highest BCUT2D eigenvalue weighted by molar-refractivity contribution is 5.84. The van der Waals surface area contributed by atoms with Gasteiger partial charge in [-0.05, 0) is 26.2 Å². The highest BCUT2D eigenvalue weighted by Crippen LogP contribution is 2.33. The van der Waals surface area contributed by atoms with E-state index in [-0.39, 0.29) is 37.3 Å². The largest absolute Gasteiger partial charge is 0.480 e. The van der Waals surface area contributed by atoms with Crippen molar-refractivity contribution in [3.8, 4) is 0 Å². The molecule has 3 N–H and O–H groups in total. The van der Waals surface area contributed by atoms with E-state index in [2.05, 4.69) is 6.92 Å².